The number of hydrogen-bond acceptors (Lipinski definition) is 0. The zero-order valence-corrected chi connectivity index (χ0v) is 23.7. The molecule has 2 aromatic carbocycles. The first-order valence-electron chi connectivity index (χ1n) is 11.5. The van der Waals surface area contributed by atoms with Gasteiger partial charge in [0.05, 0.1) is 0 Å². The Bertz CT molecular complexity index is 1160. The van der Waals surface area contributed by atoms with Crippen molar-refractivity contribution in [3.8, 4) is 0 Å². The van der Waals surface area contributed by atoms with Crippen LogP contribution >= 0.6 is 0 Å². The zero-order chi connectivity index (χ0) is 21.0. The van der Waals surface area contributed by atoms with Crippen LogP contribution in [0.2, 0.25) is 3.63 Å². The van der Waals surface area contributed by atoms with Gasteiger partial charge in [-0.1, -0.05) is 0 Å². The number of benzene rings is 2. The van der Waals surface area contributed by atoms with Gasteiger partial charge in [0.2, 0.25) is 0 Å². The van der Waals surface area contributed by atoms with Gasteiger partial charge in [-0.3, -0.25) is 0 Å². The fraction of sp³-hybridized carbons (Fsp3) is 0.379. The summed E-state index contributed by atoms with van der Waals surface area (Å²) in [6.45, 7) is 12.0. The Morgan fingerprint density at radius 1 is 0.875 bits per heavy atom. The van der Waals surface area contributed by atoms with Crippen LogP contribution in [-0.2, 0) is 23.2 Å². The molecule has 2 aromatic rings. The van der Waals surface area contributed by atoms with Crippen molar-refractivity contribution in [2.24, 2.45) is 5.92 Å². The van der Waals surface area contributed by atoms with Gasteiger partial charge in [0.15, 0.2) is 0 Å². The Morgan fingerprint density at radius 3 is 2.31 bits per heavy atom. The van der Waals surface area contributed by atoms with Crippen LogP contribution in [0.5, 0.6) is 0 Å². The van der Waals surface area contributed by atoms with E-state index in [2.05, 4.69) is 83.2 Å². The molecule has 166 valence electrons. The summed E-state index contributed by atoms with van der Waals surface area (Å²) in [5, 5.41) is 2.83. The third kappa shape index (κ3) is 4.19. The van der Waals surface area contributed by atoms with Crippen molar-refractivity contribution in [2.45, 2.75) is 63.4 Å². The zero-order valence-electron chi connectivity index (χ0n) is 19.7. The smallest absolute Gasteiger partial charge is 1.00 e. The second-order valence-corrected chi connectivity index (χ2v) is 13.0. The van der Waals surface area contributed by atoms with Crippen molar-refractivity contribution in [3.63, 3.8) is 0 Å². The maximum absolute atomic E-state index is 2.61. The molecule has 0 fully saturated rings. The Balaban J connectivity index is 0.00000144. The van der Waals surface area contributed by atoms with E-state index in [0.717, 1.165) is 3.63 Å². The molecule has 0 radical (unpaired) electrons. The Morgan fingerprint density at radius 2 is 1.59 bits per heavy atom. The summed E-state index contributed by atoms with van der Waals surface area (Å²) in [6.07, 6.45) is 6.57. The minimum atomic E-state index is -0.687. The largest absolute Gasteiger partial charge is 1.00 e. The van der Waals surface area contributed by atoms with Gasteiger partial charge in [0.1, 0.15) is 0 Å². The summed E-state index contributed by atoms with van der Waals surface area (Å²) in [4.78, 5) is 0. The predicted molar refractivity (Wildman–Crippen MR) is 125 cm³/mol. The van der Waals surface area contributed by atoms with E-state index in [4.69, 9.17) is 0 Å². The van der Waals surface area contributed by atoms with E-state index < -0.39 is 23.2 Å². The molecule has 0 saturated carbocycles. The normalized spacial score (nSPS) is 24.8. The fourth-order valence-corrected chi connectivity index (χ4v) is 10.8. The first-order chi connectivity index (χ1) is 14.5. The molecule has 3 unspecified atom stereocenters. The average Bonchev–Trinajstić information content (AvgIpc) is 3.18. The van der Waals surface area contributed by atoms with Gasteiger partial charge >= 0.3 is 194 Å². The Kier molecular flexibility index (Phi) is 8.18. The number of fused-ring (bicyclic) bond motifs is 1. The summed E-state index contributed by atoms with van der Waals surface area (Å²) in [7, 11) is 0. The monoisotopic (exact) mass is 540 g/mol. The maximum Gasteiger partial charge on any atom is -1.00 e. The summed E-state index contributed by atoms with van der Waals surface area (Å²) in [6, 6.07) is 15.9. The van der Waals surface area contributed by atoms with Crippen molar-refractivity contribution < 1.29 is 48.0 Å². The molecule has 0 saturated heterocycles. The van der Waals surface area contributed by atoms with Gasteiger partial charge in [-0.25, -0.2) is 0 Å². The van der Waals surface area contributed by atoms with Crippen molar-refractivity contribution in [3.05, 3.63) is 90.8 Å². The quantitative estimate of drug-likeness (QED) is 0.560. The van der Waals surface area contributed by atoms with Crippen molar-refractivity contribution in [1.82, 2.24) is 0 Å². The summed E-state index contributed by atoms with van der Waals surface area (Å²) >= 11 is -0.687. The molecule has 3 atom stereocenters. The number of rotatable bonds is 3. The van der Waals surface area contributed by atoms with Gasteiger partial charge in [0, 0.05) is 0 Å². The van der Waals surface area contributed by atoms with Crippen molar-refractivity contribution in [1.29, 1.82) is 0 Å². The van der Waals surface area contributed by atoms with E-state index in [9.17, 15) is 0 Å². The van der Waals surface area contributed by atoms with E-state index in [0.29, 0.717) is 11.8 Å². The predicted octanol–water partition coefficient (Wildman–Crippen LogP) is 2.50. The molecule has 3 aliphatic rings. The molecule has 0 bridgehead atoms. The van der Waals surface area contributed by atoms with E-state index in [-0.39, 0.29) is 24.8 Å². The van der Waals surface area contributed by atoms with Crippen LogP contribution in [0, 0.1) is 5.92 Å². The Hall–Kier alpha value is -0.877. The molecule has 0 heterocycles. The summed E-state index contributed by atoms with van der Waals surface area (Å²) < 4.78 is 2.64. The SMILES string of the molecule is CC1=CC2=C(CCCC2c2cccc3ccccc23)[CH]1[Zr+2][C]1=C(C)C(C)=C(C)C1C.[Cl-].[Cl-]. The third-order valence-corrected chi connectivity index (χ3v) is 13.4. The molecule has 0 nitrogen and oxygen atoms in total. The molecule has 5 rings (SSSR count). The Labute approximate surface area is 217 Å². The van der Waals surface area contributed by atoms with Crippen LogP contribution in [0.4, 0.5) is 0 Å². The van der Waals surface area contributed by atoms with Crippen LogP contribution in [0.3, 0.4) is 0 Å². The molecule has 0 amide bonds. The minimum Gasteiger partial charge on any atom is -1.00 e. The third-order valence-electron chi connectivity index (χ3n) is 8.01. The molecule has 0 N–H and O–H groups in total. The van der Waals surface area contributed by atoms with Gasteiger partial charge < -0.3 is 24.8 Å². The molecular weight excluding hydrogens is 510 g/mol. The molecule has 0 aliphatic heterocycles. The van der Waals surface area contributed by atoms with Gasteiger partial charge in [-0.2, -0.15) is 0 Å². The number of halogens is 2. The van der Waals surface area contributed by atoms with Crippen LogP contribution in [0.15, 0.2) is 85.3 Å². The number of allylic oxidation sites excluding steroid dienone is 8. The first kappa shape index (κ1) is 25.7. The summed E-state index contributed by atoms with van der Waals surface area (Å²) in [5.74, 6) is 1.27. The molecule has 0 spiro atoms. The second kappa shape index (κ2) is 10.2. The van der Waals surface area contributed by atoms with Gasteiger partial charge in [0.25, 0.3) is 0 Å². The van der Waals surface area contributed by atoms with Crippen LogP contribution in [0.25, 0.3) is 10.8 Å². The molecule has 3 aliphatic carbocycles. The van der Waals surface area contributed by atoms with Crippen molar-refractivity contribution in [2.75, 3.05) is 0 Å². The standard InChI is InChI=1S/C20H19.C9H13.2ClH.Zr/c1-14-12-16-8-5-11-19(20(16)13-14)18-10-4-7-15-6-2-3-9-17(15)18;1-6-5-7(2)9(4)8(6)3;;;/h2-4,6-7,9-10,12-13,19H,5,8,11H2,1H3;6H,1-4H3;2*1H;/q;;;;+2/p-2. The molecule has 32 heavy (non-hydrogen) atoms. The van der Waals surface area contributed by atoms with Crippen molar-refractivity contribution >= 4 is 10.8 Å². The number of hydrogen-bond donors (Lipinski definition) is 0. The van der Waals surface area contributed by atoms with Gasteiger partial charge in [-0.15, -0.1) is 0 Å². The maximum atomic E-state index is 2.61. The van der Waals surface area contributed by atoms with E-state index in [1.165, 1.54) is 30.0 Å². The van der Waals surface area contributed by atoms with Crippen LogP contribution < -0.4 is 24.8 Å². The van der Waals surface area contributed by atoms with Crippen LogP contribution in [-0.4, -0.2) is 0 Å². The second-order valence-electron chi connectivity index (χ2n) is 9.53. The molecular formula is C29H32Cl2Zr. The summed E-state index contributed by atoms with van der Waals surface area (Å²) in [5.41, 5.74) is 11.5. The van der Waals surface area contributed by atoms with Crippen LogP contribution in [0.1, 0.15) is 65.4 Å². The van der Waals surface area contributed by atoms with Gasteiger partial charge in [-0.05, 0) is 0 Å². The first-order valence-corrected chi connectivity index (χ1v) is 14.2. The fourth-order valence-electron chi connectivity index (χ4n) is 5.96. The van der Waals surface area contributed by atoms with E-state index in [1.54, 1.807) is 33.4 Å². The van der Waals surface area contributed by atoms with E-state index >= 15 is 0 Å². The average molecular weight is 543 g/mol. The van der Waals surface area contributed by atoms with E-state index in [1.807, 2.05) is 8.85 Å². The topological polar surface area (TPSA) is 0 Å². The minimum absolute atomic E-state index is 0. The molecule has 0 aromatic heterocycles. The molecule has 3 heteroatoms.